The lowest BCUT2D eigenvalue weighted by Crippen LogP contribution is -1.97. The summed E-state index contributed by atoms with van der Waals surface area (Å²) in [6, 6.07) is 4.70. The zero-order valence-corrected chi connectivity index (χ0v) is 8.07. The van der Waals surface area contributed by atoms with Gasteiger partial charge in [-0.15, -0.1) is 11.6 Å². The molecule has 0 saturated carbocycles. The molecule has 0 bridgehead atoms. The van der Waals surface area contributed by atoms with Crippen molar-refractivity contribution in [3.05, 3.63) is 35.1 Å². The number of alkyl halides is 1. The quantitative estimate of drug-likeness (QED) is 0.686. The minimum atomic E-state index is -0.339. The molecule has 70 valence electrons. The molecule has 0 atom stereocenters. The third-order valence-electron chi connectivity index (χ3n) is 1.71. The molecule has 1 aromatic rings. The maximum atomic E-state index is 13.1. The second-order valence-electron chi connectivity index (χ2n) is 2.94. The molecule has 0 aliphatic carbocycles. The molecule has 1 rings (SSSR count). The van der Waals surface area contributed by atoms with Gasteiger partial charge in [-0.05, 0) is 18.6 Å². The molecule has 0 fully saturated rings. The van der Waals surface area contributed by atoms with Crippen LogP contribution < -0.4 is 0 Å². The summed E-state index contributed by atoms with van der Waals surface area (Å²) < 4.78 is 13.1. The van der Waals surface area contributed by atoms with Gasteiger partial charge in [0.15, 0.2) is 0 Å². The lowest BCUT2D eigenvalue weighted by atomic mass is 10.1. The summed E-state index contributed by atoms with van der Waals surface area (Å²) in [5.74, 6) is -0.154. The average molecular weight is 201 g/mol. The van der Waals surface area contributed by atoms with E-state index in [9.17, 15) is 9.18 Å². The summed E-state index contributed by atoms with van der Waals surface area (Å²) >= 11 is 5.48. The Labute approximate surface area is 81.5 Å². The minimum Gasteiger partial charge on any atom is -0.300 e. The number of carbonyl (C=O) groups is 1. The van der Waals surface area contributed by atoms with Gasteiger partial charge < -0.3 is 0 Å². The van der Waals surface area contributed by atoms with Crippen LogP contribution in [0.25, 0.3) is 0 Å². The summed E-state index contributed by atoms with van der Waals surface area (Å²) in [6.45, 7) is 1.48. The first-order valence-corrected chi connectivity index (χ1v) is 4.49. The number of Topliss-reactive ketones (excluding diaryl/α,β-unsaturated/α-hetero) is 1. The van der Waals surface area contributed by atoms with E-state index in [-0.39, 0.29) is 23.9 Å². The van der Waals surface area contributed by atoms with Gasteiger partial charge in [-0.2, -0.15) is 0 Å². The van der Waals surface area contributed by atoms with Crippen molar-refractivity contribution in [3.63, 3.8) is 0 Å². The Hall–Kier alpha value is -0.890. The first-order valence-electron chi connectivity index (χ1n) is 3.96. The Morgan fingerprint density at radius 3 is 2.69 bits per heavy atom. The summed E-state index contributed by atoms with van der Waals surface area (Å²) in [4.78, 5) is 10.7. The van der Waals surface area contributed by atoms with Gasteiger partial charge in [0, 0.05) is 12.0 Å². The molecular weight excluding hydrogens is 191 g/mol. The van der Waals surface area contributed by atoms with Crippen LogP contribution in [0, 0.1) is 5.82 Å². The van der Waals surface area contributed by atoms with Gasteiger partial charge in [0.1, 0.15) is 11.6 Å². The maximum Gasteiger partial charge on any atom is 0.134 e. The van der Waals surface area contributed by atoms with Crippen molar-refractivity contribution in [2.75, 3.05) is 0 Å². The van der Waals surface area contributed by atoms with Gasteiger partial charge in [-0.25, -0.2) is 4.39 Å². The van der Waals surface area contributed by atoms with Gasteiger partial charge >= 0.3 is 0 Å². The van der Waals surface area contributed by atoms with Gasteiger partial charge in [-0.3, -0.25) is 4.79 Å². The van der Waals surface area contributed by atoms with E-state index in [0.717, 1.165) is 0 Å². The molecule has 3 heteroatoms. The Balaban J connectivity index is 2.89. The van der Waals surface area contributed by atoms with E-state index in [2.05, 4.69) is 0 Å². The van der Waals surface area contributed by atoms with E-state index in [1.807, 2.05) is 0 Å². The lowest BCUT2D eigenvalue weighted by Gasteiger charge is -2.01. The Bertz CT molecular complexity index is 323. The van der Waals surface area contributed by atoms with E-state index in [0.29, 0.717) is 11.1 Å². The highest BCUT2D eigenvalue weighted by Gasteiger charge is 2.03. The van der Waals surface area contributed by atoms with Gasteiger partial charge in [0.25, 0.3) is 0 Å². The predicted octanol–water partition coefficient (Wildman–Crippen LogP) is 2.70. The molecule has 1 nitrogen and oxygen atoms in total. The molecule has 0 saturated heterocycles. The fourth-order valence-corrected chi connectivity index (χ4v) is 1.31. The third-order valence-corrected chi connectivity index (χ3v) is 2.00. The third kappa shape index (κ3) is 2.81. The molecule has 0 aromatic heterocycles. The normalized spacial score (nSPS) is 10.1. The number of halogens is 2. The molecule has 0 spiro atoms. The van der Waals surface area contributed by atoms with Crippen LogP contribution in [0.3, 0.4) is 0 Å². The summed E-state index contributed by atoms with van der Waals surface area (Å²) in [7, 11) is 0. The standard InChI is InChI=1S/C10H10ClFO/c1-7(13)4-8-2-3-9(6-11)10(12)5-8/h2-3,5H,4,6H2,1H3. The van der Waals surface area contributed by atoms with Crippen molar-refractivity contribution < 1.29 is 9.18 Å². The first-order chi connectivity index (χ1) is 6.13. The van der Waals surface area contributed by atoms with Crippen LogP contribution in [0.4, 0.5) is 4.39 Å². The molecule has 13 heavy (non-hydrogen) atoms. The second kappa shape index (κ2) is 4.38. The number of carbonyl (C=O) groups excluding carboxylic acids is 1. The molecule has 0 aliphatic rings. The van der Waals surface area contributed by atoms with Crippen molar-refractivity contribution in [1.82, 2.24) is 0 Å². The second-order valence-corrected chi connectivity index (χ2v) is 3.21. The topological polar surface area (TPSA) is 17.1 Å². The number of benzene rings is 1. The van der Waals surface area contributed by atoms with Crippen molar-refractivity contribution in [2.24, 2.45) is 0 Å². The smallest absolute Gasteiger partial charge is 0.134 e. The largest absolute Gasteiger partial charge is 0.300 e. The summed E-state index contributed by atoms with van der Waals surface area (Å²) in [5, 5.41) is 0. The zero-order valence-electron chi connectivity index (χ0n) is 7.31. The fourth-order valence-electron chi connectivity index (χ4n) is 1.10. The zero-order chi connectivity index (χ0) is 9.84. The minimum absolute atomic E-state index is 0.0259. The van der Waals surface area contributed by atoms with Crippen molar-refractivity contribution >= 4 is 17.4 Å². The van der Waals surface area contributed by atoms with E-state index in [4.69, 9.17) is 11.6 Å². The van der Waals surface area contributed by atoms with Crippen LogP contribution in [0.1, 0.15) is 18.1 Å². The Morgan fingerprint density at radius 1 is 1.54 bits per heavy atom. The van der Waals surface area contributed by atoms with Crippen LogP contribution in [0.5, 0.6) is 0 Å². The van der Waals surface area contributed by atoms with Crippen LogP contribution in [-0.4, -0.2) is 5.78 Å². The highest BCUT2D eigenvalue weighted by atomic mass is 35.5. The average Bonchev–Trinajstić information content (AvgIpc) is 2.03. The Kier molecular flexibility index (Phi) is 3.43. The molecule has 0 heterocycles. The highest BCUT2D eigenvalue weighted by molar-refractivity contribution is 6.17. The van der Waals surface area contributed by atoms with Crippen molar-refractivity contribution in [2.45, 2.75) is 19.2 Å². The molecule has 0 aliphatic heterocycles. The SMILES string of the molecule is CC(=O)Cc1ccc(CCl)c(F)c1. The molecule has 0 N–H and O–H groups in total. The monoisotopic (exact) mass is 200 g/mol. The van der Waals surface area contributed by atoms with E-state index >= 15 is 0 Å². The van der Waals surface area contributed by atoms with E-state index < -0.39 is 0 Å². The molecule has 1 aromatic carbocycles. The number of rotatable bonds is 3. The van der Waals surface area contributed by atoms with Crippen LogP contribution >= 0.6 is 11.6 Å². The number of hydrogen-bond acceptors (Lipinski definition) is 1. The maximum absolute atomic E-state index is 13.1. The first kappa shape index (κ1) is 10.2. The highest BCUT2D eigenvalue weighted by Crippen LogP contribution is 2.13. The van der Waals surface area contributed by atoms with E-state index in [1.165, 1.54) is 13.0 Å². The van der Waals surface area contributed by atoms with Crippen LogP contribution in [0.15, 0.2) is 18.2 Å². The lowest BCUT2D eigenvalue weighted by molar-refractivity contribution is -0.116. The summed E-state index contributed by atoms with van der Waals surface area (Å²) in [6.07, 6.45) is 0.277. The Morgan fingerprint density at radius 2 is 2.23 bits per heavy atom. The van der Waals surface area contributed by atoms with Crippen LogP contribution in [-0.2, 0) is 17.1 Å². The molecule has 0 amide bonds. The molecular formula is C10H10ClFO. The molecule has 0 unspecified atom stereocenters. The van der Waals surface area contributed by atoms with Gasteiger partial charge in [0.2, 0.25) is 0 Å². The predicted molar refractivity (Wildman–Crippen MR) is 50.3 cm³/mol. The van der Waals surface area contributed by atoms with Crippen molar-refractivity contribution in [3.8, 4) is 0 Å². The van der Waals surface area contributed by atoms with Gasteiger partial charge in [-0.1, -0.05) is 12.1 Å². The molecule has 0 radical (unpaired) electrons. The van der Waals surface area contributed by atoms with E-state index in [1.54, 1.807) is 12.1 Å². The number of hydrogen-bond donors (Lipinski definition) is 0. The van der Waals surface area contributed by atoms with Crippen molar-refractivity contribution in [1.29, 1.82) is 0 Å². The number of ketones is 1. The van der Waals surface area contributed by atoms with Gasteiger partial charge in [0.05, 0.1) is 5.88 Å². The van der Waals surface area contributed by atoms with Crippen LogP contribution in [0.2, 0.25) is 0 Å². The summed E-state index contributed by atoms with van der Waals surface area (Å²) in [5.41, 5.74) is 1.16. The fraction of sp³-hybridized carbons (Fsp3) is 0.300.